The minimum Gasteiger partial charge on any atom is -0.494 e. The third-order valence-corrected chi connectivity index (χ3v) is 4.72. The average Bonchev–Trinajstić information content (AvgIpc) is 3.16. The second kappa shape index (κ2) is 8.83. The molecular weight excluding hydrogens is 397 g/mol. The van der Waals surface area contributed by atoms with Gasteiger partial charge >= 0.3 is 0 Å². The van der Waals surface area contributed by atoms with E-state index in [2.05, 4.69) is 5.32 Å². The molecule has 0 saturated heterocycles. The number of carbonyl (C=O) groups is 2. The highest BCUT2D eigenvalue weighted by atomic mass is 19.1. The van der Waals surface area contributed by atoms with Gasteiger partial charge in [-0.05, 0) is 61.0 Å². The molecule has 0 bridgehead atoms. The number of amides is 1. The quantitative estimate of drug-likeness (QED) is 0.383. The topological polar surface area (TPSA) is 68.5 Å². The van der Waals surface area contributed by atoms with Gasteiger partial charge in [0.1, 0.15) is 17.1 Å². The van der Waals surface area contributed by atoms with E-state index in [4.69, 9.17) is 9.15 Å². The predicted octanol–water partition coefficient (Wildman–Crippen LogP) is 5.84. The van der Waals surface area contributed by atoms with E-state index in [1.165, 1.54) is 24.3 Å². The van der Waals surface area contributed by atoms with E-state index in [0.717, 1.165) is 6.42 Å². The zero-order valence-electron chi connectivity index (χ0n) is 16.9. The first-order valence-corrected chi connectivity index (χ1v) is 9.93. The predicted molar refractivity (Wildman–Crippen MR) is 116 cm³/mol. The van der Waals surface area contributed by atoms with Gasteiger partial charge < -0.3 is 14.5 Å². The van der Waals surface area contributed by atoms with Crippen LogP contribution in [0.15, 0.2) is 77.2 Å². The lowest BCUT2D eigenvalue weighted by Gasteiger charge is -2.09. The lowest BCUT2D eigenvalue weighted by molar-refractivity contribution is 0.101. The van der Waals surface area contributed by atoms with Gasteiger partial charge in [-0.2, -0.15) is 0 Å². The van der Waals surface area contributed by atoms with Crippen molar-refractivity contribution in [2.24, 2.45) is 0 Å². The summed E-state index contributed by atoms with van der Waals surface area (Å²) < 4.78 is 24.6. The van der Waals surface area contributed by atoms with Crippen molar-refractivity contribution in [2.45, 2.75) is 13.3 Å². The molecule has 1 heterocycles. The summed E-state index contributed by atoms with van der Waals surface area (Å²) in [4.78, 5) is 26.0. The molecule has 5 nitrogen and oxygen atoms in total. The fourth-order valence-electron chi connectivity index (χ4n) is 3.19. The Bertz CT molecular complexity index is 1240. The van der Waals surface area contributed by atoms with Crippen molar-refractivity contribution >= 4 is 28.3 Å². The molecule has 31 heavy (non-hydrogen) atoms. The van der Waals surface area contributed by atoms with Crippen molar-refractivity contribution in [3.05, 3.63) is 95.5 Å². The largest absolute Gasteiger partial charge is 0.494 e. The molecule has 0 aliphatic carbocycles. The number of anilines is 1. The van der Waals surface area contributed by atoms with Crippen LogP contribution in [0, 0.1) is 5.82 Å². The Balaban J connectivity index is 1.70. The molecule has 0 radical (unpaired) electrons. The summed E-state index contributed by atoms with van der Waals surface area (Å²) in [5.41, 5.74) is 1.38. The van der Waals surface area contributed by atoms with Crippen LogP contribution in [0.1, 0.15) is 39.8 Å². The second-order valence-electron chi connectivity index (χ2n) is 6.97. The molecule has 1 aromatic heterocycles. The zero-order valence-corrected chi connectivity index (χ0v) is 16.9. The van der Waals surface area contributed by atoms with E-state index in [1.807, 2.05) is 6.92 Å². The molecule has 0 aliphatic heterocycles. The van der Waals surface area contributed by atoms with Gasteiger partial charge in [-0.15, -0.1) is 0 Å². The Kier molecular flexibility index (Phi) is 5.80. The maximum Gasteiger partial charge on any atom is 0.255 e. The van der Waals surface area contributed by atoms with Crippen LogP contribution >= 0.6 is 0 Å². The minimum absolute atomic E-state index is 0.0143. The number of furan rings is 1. The fourth-order valence-corrected chi connectivity index (χ4v) is 3.19. The van der Waals surface area contributed by atoms with Crippen LogP contribution in [0.3, 0.4) is 0 Å². The third kappa shape index (κ3) is 4.33. The summed E-state index contributed by atoms with van der Waals surface area (Å²) in [6, 6.07) is 19.0. The molecule has 0 spiro atoms. The van der Waals surface area contributed by atoms with Gasteiger partial charge in [0, 0.05) is 16.5 Å². The monoisotopic (exact) mass is 417 g/mol. The molecular formula is C25H20FNO4. The Labute approximate surface area is 178 Å². The summed E-state index contributed by atoms with van der Waals surface area (Å²) in [7, 11) is 0. The second-order valence-corrected chi connectivity index (χ2v) is 6.97. The maximum absolute atomic E-state index is 13.3. The normalized spacial score (nSPS) is 10.8. The molecule has 3 aromatic carbocycles. The van der Waals surface area contributed by atoms with E-state index >= 15 is 0 Å². The molecule has 0 atom stereocenters. The number of ether oxygens (including phenoxy) is 1. The number of fused-ring (bicyclic) bond motifs is 1. The van der Waals surface area contributed by atoms with Gasteiger partial charge in [0.05, 0.1) is 12.3 Å². The molecule has 0 fully saturated rings. The molecule has 0 saturated carbocycles. The van der Waals surface area contributed by atoms with E-state index in [9.17, 15) is 14.0 Å². The number of rotatable bonds is 7. The molecule has 0 unspecified atom stereocenters. The summed E-state index contributed by atoms with van der Waals surface area (Å²) in [6.07, 6.45) is 0.853. The zero-order chi connectivity index (χ0) is 21.8. The number of hydrogen-bond acceptors (Lipinski definition) is 4. The van der Waals surface area contributed by atoms with Crippen molar-refractivity contribution in [1.29, 1.82) is 0 Å². The number of nitrogens with one attached hydrogen (secondary N) is 1. The number of halogens is 1. The molecule has 1 N–H and O–H groups in total. The average molecular weight is 417 g/mol. The third-order valence-electron chi connectivity index (χ3n) is 4.72. The van der Waals surface area contributed by atoms with E-state index in [0.29, 0.717) is 28.9 Å². The number of benzene rings is 3. The van der Waals surface area contributed by atoms with Gasteiger partial charge in [-0.25, -0.2) is 4.39 Å². The summed E-state index contributed by atoms with van der Waals surface area (Å²) >= 11 is 0. The van der Waals surface area contributed by atoms with Crippen molar-refractivity contribution < 1.29 is 23.1 Å². The van der Waals surface area contributed by atoms with Crippen LogP contribution in [0.4, 0.5) is 10.1 Å². The SMILES string of the molecule is CCCOc1cccc(C(=O)Nc2c(C(=O)c3ccc(F)cc3)oc3ccccc23)c1. The van der Waals surface area contributed by atoms with E-state index < -0.39 is 17.5 Å². The maximum atomic E-state index is 13.3. The van der Waals surface area contributed by atoms with Crippen LogP contribution in [0.25, 0.3) is 11.0 Å². The van der Waals surface area contributed by atoms with Gasteiger partial charge in [-0.1, -0.05) is 25.1 Å². The number of ketones is 1. The molecule has 1 amide bonds. The Morgan fingerprint density at radius 2 is 1.74 bits per heavy atom. The summed E-state index contributed by atoms with van der Waals surface area (Å²) in [5.74, 6) is -0.721. The first-order valence-electron chi connectivity index (χ1n) is 9.93. The summed E-state index contributed by atoms with van der Waals surface area (Å²) in [5, 5.41) is 3.41. The first-order chi connectivity index (χ1) is 15.1. The molecule has 6 heteroatoms. The fraction of sp³-hybridized carbons (Fsp3) is 0.120. The van der Waals surface area contributed by atoms with Crippen molar-refractivity contribution in [3.8, 4) is 5.75 Å². The van der Waals surface area contributed by atoms with Crippen molar-refractivity contribution in [2.75, 3.05) is 11.9 Å². The minimum atomic E-state index is -0.452. The lowest BCUT2D eigenvalue weighted by Crippen LogP contribution is -2.14. The highest BCUT2D eigenvalue weighted by molar-refractivity contribution is 6.18. The van der Waals surface area contributed by atoms with Gasteiger partial charge in [0.25, 0.3) is 5.91 Å². The standard InChI is InChI=1S/C25H20FNO4/c1-2-14-30-19-7-5-6-17(15-19)25(29)27-22-20-8-3-4-9-21(20)31-24(22)23(28)16-10-12-18(26)13-11-16/h3-13,15H,2,14H2,1H3,(H,27,29). The van der Waals surface area contributed by atoms with Gasteiger partial charge in [-0.3, -0.25) is 9.59 Å². The molecule has 4 aromatic rings. The van der Waals surface area contributed by atoms with E-state index in [-0.39, 0.29) is 17.0 Å². The van der Waals surface area contributed by atoms with Crippen LogP contribution in [-0.4, -0.2) is 18.3 Å². The highest BCUT2D eigenvalue weighted by Gasteiger charge is 2.24. The van der Waals surface area contributed by atoms with Crippen LogP contribution in [-0.2, 0) is 0 Å². The Hall–Kier alpha value is -3.93. The van der Waals surface area contributed by atoms with Crippen molar-refractivity contribution in [3.63, 3.8) is 0 Å². The van der Waals surface area contributed by atoms with Crippen LogP contribution in [0.5, 0.6) is 5.75 Å². The lowest BCUT2D eigenvalue weighted by atomic mass is 10.1. The molecule has 4 rings (SSSR count). The Morgan fingerprint density at radius 3 is 2.52 bits per heavy atom. The highest BCUT2D eigenvalue weighted by Crippen LogP contribution is 2.33. The van der Waals surface area contributed by atoms with Crippen LogP contribution < -0.4 is 10.1 Å². The van der Waals surface area contributed by atoms with Gasteiger partial charge in [0.15, 0.2) is 5.76 Å². The van der Waals surface area contributed by atoms with Crippen LogP contribution in [0.2, 0.25) is 0 Å². The summed E-state index contributed by atoms with van der Waals surface area (Å²) in [6.45, 7) is 2.55. The number of carbonyl (C=O) groups excluding carboxylic acids is 2. The molecule has 156 valence electrons. The van der Waals surface area contributed by atoms with Crippen molar-refractivity contribution in [1.82, 2.24) is 0 Å². The van der Waals surface area contributed by atoms with Gasteiger partial charge in [0.2, 0.25) is 5.78 Å². The Morgan fingerprint density at radius 1 is 0.968 bits per heavy atom. The van der Waals surface area contributed by atoms with E-state index in [1.54, 1.807) is 48.5 Å². The number of hydrogen-bond donors (Lipinski definition) is 1. The smallest absolute Gasteiger partial charge is 0.255 e. The first kappa shape index (κ1) is 20.3. The molecule has 0 aliphatic rings. The number of para-hydroxylation sites is 1.